The summed E-state index contributed by atoms with van der Waals surface area (Å²) < 4.78 is 0. The first-order valence-corrected chi connectivity index (χ1v) is 7.36. The topological polar surface area (TPSA) is 49.4 Å². The van der Waals surface area contributed by atoms with Crippen molar-refractivity contribution in [2.75, 3.05) is 5.01 Å². The first-order valence-electron chi connectivity index (χ1n) is 7.36. The number of rotatable bonds is 4. The Bertz CT molecular complexity index is 725. The molecular weight excluding hydrogens is 288 g/mol. The number of carbonyl (C=O) groups excluding carboxylic acids is 2. The number of hydrazine groups is 1. The van der Waals surface area contributed by atoms with Gasteiger partial charge in [-0.25, -0.2) is 0 Å². The van der Waals surface area contributed by atoms with Crippen LogP contribution in [0.25, 0.3) is 0 Å². The summed E-state index contributed by atoms with van der Waals surface area (Å²) in [5.74, 6) is -0.244. The maximum atomic E-state index is 12.5. The fourth-order valence-electron chi connectivity index (χ4n) is 2.30. The molecule has 0 saturated heterocycles. The molecule has 114 valence electrons. The minimum Gasteiger partial charge on any atom is -0.295 e. The molecule has 0 bridgehead atoms. The minimum absolute atomic E-state index is 0.00419. The van der Waals surface area contributed by atoms with Crippen molar-refractivity contribution in [3.05, 3.63) is 84.5 Å². The summed E-state index contributed by atoms with van der Waals surface area (Å²) in [6.07, 6.45) is 4.89. The van der Waals surface area contributed by atoms with Crippen LogP contribution < -0.4 is 10.4 Å². The molecule has 0 radical (unpaired) electrons. The molecular formula is C19H16N2O2. The number of para-hydroxylation sites is 2. The van der Waals surface area contributed by atoms with E-state index in [1.807, 2.05) is 60.7 Å². The average molecular weight is 304 g/mol. The molecule has 0 aliphatic heterocycles. The molecule has 4 heteroatoms. The van der Waals surface area contributed by atoms with Gasteiger partial charge in [-0.05, 0) is 36.4 Å². The van der Waals surface area contributed by atoms with Gasteiger partial charge in [-0.15, -0.1) is 0 Å². The fourth-order valence-corrected chi connectivity index (χ4v) is 2.30. The SMILES string of the molecule is O=C1C=CC(C(=O)NN(c2ccccc2)c2ccccc2)=CC1. The first kappa shape index (κ1) is 14.8. The molecule has 1 aliphatic carbocycles. The number of carbonyl (C=O) groups is 2. The van der Waals surface area contributed by atoms with E-state index in [4.69, 9.17) is 0 Å². The number of benzene rings is 2. The highest BCUT2D eigenvalue weighted by atomic mass is 16.2. The van der Waals surface area contributed by atoms with E-state index in [2.05, 4.69) is 5.43 Å². The lowest BCUT2D eigenvalue weighted by atomic mass is 10.1. The zero-order valence-corrected chi connectivity index (χ0v) is 12.5. The van der Waals surface area contributed by atoms with Gasteiger partial charge in [0.15, 0.2) is 5.78 Å². The number of allylic oxidation sites excluding steroid dienone is 2. The number of amides is 1. The Morgan fingerprint density at radius 2 is 1.43 bits per heavy atom. The van der Waals surface area contributed by atoms with E-state index in [-0.39, 0.29) is 18.1 Å². The van der Waals surface area contributed by atoms with Crippen LogP contribution in [0.2, 0.25) is 0 Å². The third kappa shape index (κ3) is 3.55. The summed E-state index contributed by atoms with van der Waals surface area (Å²) in [4.78, 5) is 23.7. The van der Waals surface area contributed by atoms with E-state index in [9.17, 15) is 9.59 Å². The van der Waals surface area contributed by atoms with Gasteiger partial charge in [0.25, 0.3) is 5.91 Å². The number of hydrogen-bond acceptors (Lipinski definition) is 3. The summed E-state index contributed by atoms with van der Waals surface area (Å²) in [5, 5.41) is 1.73. The van der Waals surface area contributed by atoms with Crippen molar-refractivity contribution in [1.82, 2.24) is 5.43 Å². The van der Waals surface area contributed by atoms with Crippen LogP contribution in [-0.4, -0.2) is 11.7 Å². The Labute approximate surface area is 134 Å². The quantitative estimate of drug-likeness (QED) is 0.882. The molecule has 0 saturated carbocycles. The van der Waals surface area contributed by atoms with Crippen LogP contribution in [0.3, 0.4) is 0 Å². The molecule has 1 amide bonds. The van der Waals surface area contributed by atoms with Crippen molar-refractivity contribution in [3.63, 3.8) is 0 Å². The third-order valence-corrected chi connectivity index (χ3v) is 3.48. The molecule has 3 rings (SSSR count). The lowest BCUT2D eigenvalue weighted by Gasteiger charge is -2.26. The summed E-state index contributed by atoms with van der Waals surface area (Å²) in [7, 11) is 0. The predicted molar refractivity (Wildman–Crippen MR) is 90.0 cm³/mol. The Balaban J connectivity index is 1.87. The van der Waals surface area contributed by atoms with E-state index < -0.39 is 0 Å². The normalized spacial score (nSPS) is 13.4. The molecule has 0 spiro atoms. The zero-order valence-electron chi connectivity index (χ0n) is 12.5. The Hall–Kier alpha value is -3.14. The number of ketones is 1. The second-order valence-corrected chi connectivity index (χ2v) is 5.11. The molecule has 0 atom stereocenters. The van der Waals surface area contributed by atoms with Gasteiger partial charge >= 0.3 is 0 Å². The van der Waals surface area contributed by atoms with E-state index >= 15 is 0 Å². The van der Waals surface area contributed by atoms with Gasteiger partial charge < -0.3 is 0 Å². The molecule has 4 nitrogen and oxygen atoms in total. The molecule has 0 heterocycles. The third-order valence-electron chi connectivity index (χ3n) is 3.48. The largest absolute Gasteiger partial charge is 0.295 e. The van der Waals surface area contributed by atoms with Crippen LogP contribution in [0.1, 0.15) is 6.42 Å². The highest BCUT2D eigenvalue weighted by Crippen LogP contribution is 2.23. The van der Waals surface area contributed by atoms with Gasteiger partial charge in [0.1, 0.15) is 0 Å². The standard InChI is InChI=1S/C19H16N2O2/c22-18-13-11-15(12-14-18)19(23)20-21(16-7-3-1-4-8-16)17-9-5-2-6-10-17/h1-13H,14H2,(H,20,23). The molecule has 1 N–H and O–H groups in total. The smallest absolute Gasteiger partial charge is 0.269 e. The number of hydrogen-bond donors (Lipinski definition) is 1. The lowest BCUT2D eigenvalue weighted by Crippen LogP contribution is -2.39. The molecule has 2 aromatic rings. The predicted octanol–water partition coefficient (Wildman–Crippen LogP) is 3.31. The number of nitrogens with one attached hydrogen (secondary N) is 1. The van der Waals surface area contributed by atoms with Crippen molar-refractivity contribution in [3.8, 4) is 0 Å². The van der Waals surface area contributed by atoms with Gasteiger partial charge in [-0.3, -0.25) is 20.0 Å². The van der Waals surface area contributed by atoms with Gasteiger partial charge in [-0.2, -0.15) is 0 Å². The first-order chi connectivity index (χ1) is 11.2. The molecule has 0 unspecified atom stereocenters. The van der Waals surface area contributed by atoms with Gasteiger partial charge in [0.05, 0.1) is 11.4 Å². The van der Waals surface area contributed by atoms with E-state index in [0.717, 1.165) is 11.4 Å². The van der Waals surface area contributed by atoms with Crippen LogP contribution in [0.5, 0.6) is 0 Å². The molecule has 0 aromatic heterocycles. The molecule has 2 aromatic carbocycles. The summed E-state index contributed by atoms with van der Waals surface area (Å²) >= 11 is 0. The highest BCUT2D eigenvalue weighted by Gasteiger charge is 2.16. The average Bonchev–Trinajstić information content (AvgIpc) is 2.61. The number of nitrogens with zero attached hydrogens (tertiary/aromatic N) is 1. The van der Waals surface area contributed by atoms with Crippen LogP contribution in [0.15, 0.2) is 84.5 Å². The number of anilines is 2. The molecule has 23 heavy (non-hydrogen) atoms. The van der Waals surface area contributed by atoms with E-state index in [0.29, 0.717) is 5.57 Å². The van der Waals surface area contributed by atoms with E-state index in [1.165, 1.54) is 6.08 Å². The molecule has 0 fully saturated rings. The van der Waals surface area contributed by atoms with Crippen LogP contribution in [-0.2, 0) is 9.59 Å². The zero-order chi connectivity index (χ0) is 16.1. The van der Waals surface area contributed by atoms with Crippen molar-refractivity contribution in [2.45, 2.75) is 6.42 Å². The fraction of sp³-hybridized carbons (Fsp3) is 0.0526. The summed E-state index contributed by atoms with van der Waals surface area (Å²) in [5.41, 5.74) is 5.09. The van der Waals surface area contributed by atoms with Gasteiger partial charge in [-0.1, -0.05) is 42.5 Å². The minimum atomic E-state index is -0.249. The second-order valence-electron chi connectivity index (χ2n) is 5.11. The van der Waals surface area contributed by atoms with Crippen molar-refractivity contribution in [2.24, 2.45) is 0 Å². The highest BCUT2D eigenvalue weighted by molar-refractivity contribution is 6.03. The van der Waals surface area contributed by atoms with Crippen molar-refractivity contribution < 1.29 is 9.59 Å². The van der Waals surface area contributed by atoms with Gasteiger partial charge in [0, 0.05) is 12.0 Å². The lowest BCUT2D eigenvalue weighted by molar-refractivity contribution is -0.117. The Kier molecular flexibility index (Phi) is 4.34. The van der Waals surface area contributed by atoms with Gasteiger partial charge in [0.2, 0.25) is 0 Å². The monoisotopic (exact) mass is 304 g/mol. The Morgan fingerprint density at radius 3 is 1.91 bits per heavy atom. The van der Waals surface area contributed by atoms with Crippen molar-refractivity contribution in [1.29, 1.82) is 0 Å². The second kappa shape index (κ2) is 6.75. The summed E-state index contributed by atoms with van der Waals surface area (Å²) in [6, 6.07) is 19.2. The van der Waals surface area contributed by atoms with E-state index in [1.54, 1.807) is 17.2 Å². The van der Waals surface area contributed by atoms with Crippen LogP contribution in [0, 0.1) is 0 Å². The van der Waals surface area contributed by atoms with Crippen LogP contribution in [0.4, 0.5) is 11.4 Å². The Morgan fingerprint density at radius 1 is 0.870 bits per heavy atom. The van der Waals surface area contributed by atoms with Crippen molar-refractivity contribution >= 4 is 23.1 Å². The maximum absolute atomic E-state index is 12.5. The summed E-state index contributed by atoms with van der Waals surface area (Å²) in [6.45, 7) is 0. The maximum Gasteiger partial charge on any atom is 0.269 e. The molecule has 1 aliphatic rings. The van der Waals surface area contributed by atoms with Crippen LogP contribution >= 0.6 is 0 Å².